The van der Waals surface area contributed by atoms with Crippen molar-refractivity contribution in [2.45, 2.75) is 31.6 Å². The summed E-state index contributed by atoms with van der Waals surface area (Å²) in [6, 6.07) is 8.93. The van der Waals surface area contributed by atoms with Crippen molar-refractivity contribution in [1.82, 2.24) is 0 Å². The Morgan fingerprint density at radius 2 is 1.93 bits per heavy atom. The minimum Gasteiger partial charge on any atom is -0.161 e. The van der Waals surface area contributed by atoms with Gasteiger partial charge < -0.3 is 0 Å². The lowest BCUT2D eigenvalue weighted by atomic mass is 9.66. The van der Waals surface area contributed by atoms with E-state index in [-0.39, 0.29) is 0 Å². The molecule has 1 saturated carbocycles. The molecule has 0 nitrogen and oxygen atoms in total. The van der Waals surface area contributed by atoms with Crippen LogP contribution >= 0.6 is 27.7 Å². The molecule has 2 heteroatoms. The minimum absolute atomic E-state index is 0.501. The van der Waals surface area contributed by atoms with Gasteiger partial charge in [0.05, 0.1) is 0 Å². The van der Waals surface area contributed by atoms with E-state index < -0.39 is 0 Å². The number of rotatable bonds is 4. The van der Waals surface area contributed by atoms with E-state index in [2.05, 4.69) is 58.9 Å². The number of hydrogen-bond donors (Lipinski definition) is 0. The third-order valence-electron chi connectivity index (χ3n) is 3.35. The Balaban J connectivity index is 2.14. The average Bonchev–Trinajstić information content (AvgIpc) is 2.19. The summed E-state index contributed by atoms with van der Waals surface area (Å²) < 4.78 is 1.18. The van der Waals surface area contributed by atoms with Crippen LogP contribution in [-0.4, -0.2) is 11.5 Å². The summed E-state index contributed by atoms with van der Waals surface area (Å²) in [5.41, 5.74) is 2.04. The van der Waals surface area contributed by atoms with Gasteiger partial charge in [0.2, 0.25) is 0 Å². The molecule has 0 bridgehead atoms. The summed E-state index contributed by atoms with van der Waals surface area (Å²) in [5.74, 6) is 2.53. The quantitative estimate of drug-likeness (QED) is 0.777. The maximum absolute atomic E-state index is 3.50. The lowest BCUT2D eigenvalue weighted by Crippen LogP contribution is -2.36. The number of benzene rings is 1. The molecule has 82 valence electrons. The highest BCUT2D eigenvalue weighted by Crippen LogP contribution is 2.46. The van der Waals surface area contributed by atoms with Crippen LogP contribution in [-0.2, 0) is 5.41 Å². The Hall–Kier alpha value is 0.0500. The van der Waals surface area contributed by atoms with Crippen LogP contribution in [0.2, 0.25) is 0 Å². The van der Waals surface area contributed by atoms with Crippen molar-refractivity contribution in [3.63, 3.8) is 0 Å². The van der Waals surface area contributed by atoms with Crippen LogP contribution in [0, 0.1) is 0 Å². The second kappa shape index (κ2) is 4.92. The first kappa shape index (κ1) is 11.5. The molecule has 0 spiro atoms. The Kier molecular flexibility index (Phi) is 3.78. The third-order valence-corrected chi connectivity index (χ3v) is 5.04. The van der Waals surface area contributed by atoms with E-state index in [4.69, 9.17) is 0 Å². The van der Waals surface area contributed by atoms with E-state index in [1.807, 2.05) is 0 Å². The first-order chi connectivity index (χ1) is 7.27. The maximum Gasteiger partial charge on any atom is 0.0175 e. The average molecular weight is 285 g/mol. The number of thioether (sulfide) groups is 1. The highest BCUT2D eigenvalue weighted by molar-refractivity contribution is 9.10. The van der Waals surface area contributed by atoms with Gasteiger partial charge in [-0.2, -0.15) is 11.8 Å². The van der Waals surface area contributed by atoms with Crippen LogP contribution in [0.4, 0.5) is 0 Å². The van der Waals surface area contributed by atoms with Crippen molar-refractivity contribution in [3.05, 3.63) is 34.3 Å². The molecule has 0 N–H and O–H groups in total. The van der Waals surface area contributed by atoms with Gasteiger partial charge in [0, 0.05) is 15.6 Å². The molecule has 0 saturated heterocycles. The third kappa shape index (κ3) is 2.42. The molecule has 0 radical (unpaired) electrons. The molecule has 1 aliphatic carbocycles. The summed E-state index contributed by atoms with van der Waals surface area (Å²) in [6.07, 6.45) is 4.16. The molecule has 0 aliphatic heterocycles. The van der Waals surface area contributed by atoms with E-state index in [1.165, 1.54) is 40.8 Å². The lowest BCUT2D eigenvalue weighted by Gasteiger charge is -2.42. The molecule has 15 heavy (non-hydrogen) atoms. The van der Waals surface area contributed by atoms with Crippen LogP contribution in [0.5, 0.6) is 0 Å². The highest BCUT2D eigenvalue weighted by Gasteiger charge is 2.37. The van der Waals surface area contributed by atoms with E-state index >= 15 is 0 Å². The standard InChI is InChI=1S/C13H17BrS/c1-2-15-10-13(8-3-9-13)11-4-6-12(14)7-5-11/h4-7H,2-3,8-10H2,1H3. The van der Waals surface area contributed by atoms with Gasteiger partial charge >= 0.3 is 0 Å². The van der Waals surface area contributed by atoms with Crippen molar-refractivity contribution >= 4 is 27.7 Å². The molecule has 1 fully saturated rings. The SMILES string of the molecule is CCSCC1(c2ccc(Br)cc2)CCC1. The van der Waals surface area contributed by atoms with Crippen LogP contribution in [0.3, 0.4) is 0 Å². The fraction of sp³-hybridized carbons (Fsp3) is 0.538. The molecule has 2 rings (SSSR count). The molecule has 1 aromatic rings. The molecule has 0 heterocycles. The summed E-state index contributed by atoms with van der Waals surface area (Å²) in [6.45, 7) is 2.25. The van der Waals surface area contributed by atoms with Crippen LogP contribution in [0.25, 0.3) is 0 Å². The zero-order valence-corrected chi connectivity index (χ0v) is 11.5. The smallest absolute Gasteiger partial charge is 0.0175 e. The van der Waals surface area contributed by atoms with Crippen molar-refractivity contribution in [1.29, 1.82) is 0 Å². The molecule has 1 aliphatic rings. The predicted molar refractivity (Wildman–Crippen MR) is 72.7 cm³/mol. The molecule has 0 unspecified atom stereocenters. The molecule has 0 atom stereocenters. The fourth-order valence-corrected chi connectivity index (χ4v) is 3.54. The monoisotopic (exact) mass is 284 g/mol. The zero-order chi connectivity index (χ0) is 10.7. The van der Waals surface area contributed by atoms with Gasteiger partial charge in [0.25, 0.3) is 0 Å². The number of halogens is 1. The molecule has 0 amide bonds. The lowest BCUT2D eigenvalue weighted by molar-refractivity contribution is 0.279. The number of hydrogen-bond acceptors (Lipinski definition) is 1. The second-order valence-electron chi connectivity index (χ2n) is 4.28. The van der Waals surface area contributed by atoms with Gasteiger partial charge in [-0.05, 0) is 36.3 Å². The minimum atomic E-state index is 0.501. The first-order valence-corrected chi connectivity index (χ1v) is 7.55. The zero-order valence-electron chi connectivity index (χ0n) is 9.13. The van der Waals surface area contributed by atoms with Gasteiger partial charge in [-0.25, -0.2) is 0 Å². The van der Waals surface area contributed by atoms with Gasteiger partial charge in [0.1, 0.15) is 0 Å². The fourth-order valence-electron chi connectivity index (χ4n) is 2.22. The van der Waals surface area contributed by atoms with Crippen molar-refractivity contribution in [3.8, 4) is 0 Å². The maximum atomic E-state index is 3.50. The largest absolute Gasteiger partial charge is 0.161 e. The molecule has 1 aromatic carbocycles. The van der Waals surface area contributed by atoms with Crippen LogP contribution in [0.15, 0.2) is 28.7 Å². The molecule has 0 aromatic heterocycles. The van der Waals surface area contributed by atoms with Gasteiger partial charge in [0.15, 0.2) is 0 Å². The first-order valence-electron chi connectivity index (χ1n) is 5.61. The summed E-state index contributed by atoms with van der Waals surface area (Å²) >= 11 is 5.58. The summed E-state index contributed by atoms with van der Waals surface area (Å²) in [5, 5.41) is 0. The summed E-state index contributed by atoms with van der Waals surface area (Å²) in [4.78, 5) is 0. The molecular weight excluding hydrogens is 268 g/mol. The Bertz CT molecular complexity index is 314. The Morgan fingerprint density at radius 1 is 1.27 bits per heavy atom. The van der Waals surface area contributed by atoms with Crippen molar-refractivity contribution in [2.24, 2.45) is 0 Å². The van der Waals surface area contributed by atoms with E-state index in [9.17, 15) is 0 Å². The van der Waals surface area contributed by atoms with Crippen molar-refractivity contribution in [2.75, 3.05) is 11.5 Å². The van der Waals surface area contributed by atoms with E-state index in [0.717, 1.165) is 0 Å². The Morgan fingerprint density at radius 3 is 2.40 bits per heavy atom. The van der Waals surface area contributed by atoms with E-state index in [0.29, 0.717) is 5.41 Å². The van der Waals surface area contributed by atoms with Gasteiger partial charge in [-0.15, -0.1) is 0 Å². The van der Waals surface area contributed by atoms with Gasteiger partial charge in [-0.3, -0.25) is 0 Å². The van der Waals surface area contributed by atoms with Crippen LogP contribution < -0.4 is 0 Å². The predicted octanol–water partition coefficient (Wildman–Crippen LogP) is 4.62. The van der Waals surface area contributed by atoms with E-state index in [1.54, 1.807) is 0 Å². The van der Waals surface area contributed by atoms with Crippen LogP contribution in [0.1, 0.15) is 31.7 Å². The Labute approximate surface area is 105 Å². The van der Waals surface area contributed by atoms with Crippen molar-refractivity contribution < 1.29 is 0 Å². The normalized spacial score (nSPS) is 18.5. The second-order valence-corrected chi connectivity index (χ2v) is 6.47. The topological polar surface area (TPSA) is 0 Å². The van der Waals surface area contributed by atoms with Gasteiger partial charge in [-0.1, -0.05) is 41.4 Å². The summed E-state index contributed by atoms with van der Waals surface area (Å²) in [7, 11) is 0. The highest BCUT2D eigenvalue weighted by atomic mass is 79.9. The molecular formula is C13H17BrS.